The molecule has 3 rings (SSSR count). The fraction of sp³-hybridized carbons (Fsp3) is 0.375. The maximum absolute atomic E-state index is 12.0. The normalized spacial score (nSPS) is 14.8. The number of rotatable bonds is 5. The van der Waals surface area contributed by atoms with Crippen molar-refractivity contribution in [2.24, 2.45) is 5.41 Å². The summed E-state index contributed by atoms with van der Waals surface area (Å²) in [5.41, 5.74) is 1.02. The van der Waals surface area contributed by atoms with Crippen LogP contribution in [0.1, 0.15) is 24.4 Å². The van der Waals surface area contributed by atoms with Gasteiger partial charge in [-0.25, -0.2) is 14.8 Å². The van der Waals surface area contributed by atoms with Crippen molar-refractivity contribution in [2.45, 2.75) is 26.3 Å². The van der Waals surface area contributed by atoms with Crippen molar-refractivity contribution in [3.8, 4) is 6.07 Å². The lowest BCUT2D eigenvalue weighted by atomic mass is 10.1. The fourth-order valence-electron chi connectivity index (χ4n) is 2.48. The van der Waals surface area contributed by atoms with Crippen LogP contribution in [-0.4, -0.2) is 27.1 Å². The summed E-state index contributed by atoms with van der Waals surface area (Å²) < 4.78 is 2.12. The Kier molecular flexibility index (Phi) is 3.98. The molecule has 0 saturated heterocycles. The van der Waals surface area contributed by atoms with Gasteiger partial charge in [0.25, 0.3) is 0 Å². The lowest BCUT2D eigenvalue weighted by molar-refractivity contribution is 0.248. The molecule has 0 spiro atoms. The van der Waals surface area contributed by atoms with Crippen molar-refractivity contribution >= 4 is 11.7 Å². The SMILES string of the molecule is Cc1nccn1CC1(CNC(=O)Nc2ccc(C#N)nc2)CC1. The highest BCUT2D eigenvalue weighted by molar-refractivity contribution is 5.89. The maximum atomic E-state index is 12.0. The van der Waals surface area contributed by atoms with Crippen LogP contribution in [0.3, 0.4) is 0 Å². The van der Waals surface area contributed by atoms with E-state index in [-0.39, 0.29) is 11.4 Å². The molecule has 2 N–H and O–H groups in total. The lowest BCUT2D eigenvalue weighted by Gasteiger charge is -2.18. The molecule has 1 aliphatic carbocycles. The van der Waals surface area contributed by atoms with Crippen LogP contribution in [0.15, 0.2) is 30.7 Å². The Labute approximate surface area is 134 Å². The molecule has 7 nitrogen and oxygen atoms in total. The van der Waals surface area contributed by atoms with Gasteiger partial charge in [0.2, 0.25) is 0 Å². The van der Waals surface area contributed by atoms with Gasteiger partial charge in [0.05, 0.1) is 11.9 Å². The summed E-state index contributed by atoms with van der Waals surface area (Å²) >= 11 is 0. The van der Waals surface area contributed by atoms with E-state index >= 15 is 0 Å². The van der Waals surface area contributed by atoms with Crippen LogP contribution in [0.5, 0.6) is 0 Å². The van der Waals surface area contributed by atoms with Crippen molar-refractivity contribution in [3.63, 3.8) is 0 Å². The van der Waals surface area contributed by atoms with Gasteiger partial charge in [-0.05, 0) is 31.9 Å². The second kappa shape index (κ2) is 6.08. The predicted octanol–water partition coefficient (Wildman–Crippen LogP) is 2.06. The molecule has 0 bridgehead atoms. The number of amides is 2. The molecule has 7 heteroatoms. The molecular weight excluding hydrogens is 292 g/mol. The first-order chi connectivity index (χ1) is 11.1. The summed E-state index contributed by atoms with van der Waals surface area (Å²) in [6.07, 6.45) is 7.44. The maximum Gasteiger partial charge on any atom is 0.319 e. The van der Waals surface area contributed by atoms with Crippen LogP contribution in [-0.2, 0) is 6.54 Å². The average molecular weight is 310 g/mol. The molecule has 23 heavy (non-hydrogen) atoms. The van der Waals surface area contributed by atoms with E-state index in [1.165, 1.54) is 6.20 Å². The molecule has 0 aliphatic heterocycles. The molecule has 0 aromatic carbocycles. The molecule has 2 aromatic rings. The number of hydrogen-bond acceptors (Lipinski definition) is 4. The second-order valence-electron chi connectivity index (χ2n) is 5.95. The number of anilines is 1. The summed E-state index contributed by atoms with van der Waals surface area (Å²) in [6, 6.07) is 4.91. The third-order valence-electron chi connectivity index (χ3n) is 4.15. The summed E-state index contributed by atoms with van der Waals surface area (Å²) in [4.78, 5) is 20.1. The zero-order valence-electron chi connectivity index (χ0n) is 12.9. The molecule has 2 heterocycles. The third-order valence-corrected chi connectivity index (χ3v) is 4.15. The fourth-order valence-corrected chi connectivity index (χ4v) is 2.48. The van der Waals surface area contributed by atoms with Crippen LogP contribution >= 0.6 is 0 Å². The molecule has 0 radical (unpaired) electrons. The number of nitrogens with zero attached hydrogens (tertiary/aromatic N) is 4. The van der Waals surface area contributed by atoms with Gasteiger partial charge in [-0.15, -0.1) is 0 Å². The highest BCUT2D eigenvalue weighted by atomic mass is 16.2. The number of nitriles is 1. The Balaban J connectivity index is 1.50. The zero-order valence-corrected chi connectivity index (χ0v) is 12.9. The van der Waals surface area contributed by atoms with Gasteiger partial charge in [0, 0.05) is 30.9 Å². The Bertz CT molecular complexity index is 739. The number of carbonyl (C=O) groups is 1. The summed E-state index contributed by atoms with van der Waals surface area (Å²) in [6.45, 7) is 3.48. The Morgan fingerprint density at radius 2 is 2.26 bits per heavy atom. The summed E-state index contributed by atoms with van der Waals surface area (Å²) in [5, 5.41) is 14.3. The minimum atomic E-state index is -0.259. The molecule has 1 aliphatic rings. The first-order valence-corrected chi connectivity index (χ1v) is 7.49. The van der Waals surface area contributed by atoms with Gasteiger partial charge < -0.3 is 15.2 Å². The van der Waals surface area contributed by atoms with E-state index in [0.29, 0.717) is 17.9 Å². The van der Waals surface area contributed by atoms with Gasteiger partial charge in [0.15, 0.2) is 0 Å². The van der Waals surface area contributed by atoms with Gasteiger partial charge in [-0.3, -0.25) is 0 Å². The molecule has 118 valence electrons. The number of aromatic nitrogens is 3. The highest BCUT2D eigenvalue weighted by Crippen LogP contribution is 2.46. The van der Waals surface area contributed by atoms with Gasteiger partial charge in [0.1, 0.15) is 17.6 Å². The van der Waals surface area contributed by atoms with Gasteiger partial charge >= 0.3 is 6.03 Å². The van der Waals surface area contributed by atoms with Crippen molar-refractivity contribution < 1.29 is 4.79 Å². The smallest absolute Gasteiger partial charge is 0.319 e. The molecule has 0 atom stereocenters. The lowest BCUT2D eigenvalue weighted by Crippen LogP contribution is -2.35. The van der Waals surface area contributed by atoms with Crippen LogP contribution in [0, 0.1) is 23.7 Å². The number of carbonyl (C=O) groups excluding carboxylic acids is 1. The Morgan fingerprint density at radius 1 is 1.43 bits per heavy atom. The largest absolute Gasteiger partial charge is 0.337 e. The van der Waals surface area contributed by atoms with Crippen molar-refractivity contribution in [1.29, 1.82) is 5.26 Å². The van der Waals surface area contributed by atoms with E-state index in [1.807, 2.05) is 19.2 Å². The predicted molar refractivity (Wildman–Crippen MR) is 84.6 cm³/mol. The number of aryl methyl sites for hydroxylation is 1. The monoisotopic (exact) mass is 310 g/mol. The molecule has 1 saturated carbocycles. The van der Waals surface area contributed by atoms with Gasteiger partial charge in [-0.1, -0.05) is 0 Å². The van der Waals surface area contributed by atoms with E-state index in [0.717, 1.165) is 25.2 Å². The van der Waals surface area contributed by atoms with Gasteiger partial charge in [-0.2, -0.15) is 5.26 Å². The van der Waals surface area contributed by atoms with Crippen LogP contribution in [0.25, 0.3) is 0 Å². The highest BCUT2D eigenvalue weighted by Gasteiger charge is 2.43. The van der Waals surface area contributed by atoms with E-state index in [4.69, 9.17) is 5.26 Å². The first-order valence-electron chi connectivity index (χ1n) is 7.49. The van der Waals surface area contributed by atoms with E-state index in [1.54, 1.807) is 18.3 Å². The number of hydrogen-bond donors (Lipinski definition) is 2. The quantitative estimate of drug-likeness (QED) is 0.883. The van der Waals surface area contributed by atoms with Crippen LogP contribution in [0.4, 0.5) is 10.5 Å². The van der Waals surface area contributed by atoms with E-state index in [9.17, 15) is 4.79 Å². The number of imidazole rings is 1. The van der Waals surface area contributed by atoms with E-state index in [2.05, 4.69) is 25.2 Å². The molecule has 2 amide bonds. The Morgan fingerprint density at radius 3 is 2.83 bits per heavy atom. The minimum Gasteiger partial charge on any atom is -0.337 e. The molecule has 1 fully saturated rings. The summed E-state index contributed by atoms with van der Waals surface area (Å²) in [7, 11) is 0. The number of pyridine rings is 1. The molecule has 2 aromatic heterocycles. The van der Waals surface area contributed by atoms with E-state index < -0.39 is 0 Å². The molecular formula is C16H18N6O. The van der Waals surface area contributed by atoms with Crippen LogP contribution < -0.4 is 10.6 Å². The standard InChI is InChI=1S/C16H18N6O/c1-12-18-6-7-22(12)11-16(4-5-16)10-20-15(23)21-14-3-2-13(8-17)19-9-14/h2-3,6-7,9H,4-5,10-11H2,1H3,(H2,20,21,23). The second-order valence-corrected chi connectivity index (χ2v) is 5.95. The topological polar surface area (TPSA) is 95.6 Å². The zero-order chi connectivity index (χ0) is 16.3. The van der Waals surface area contributed by atoms with Crippen molar-refractivity contribution in [2.75, 3.05) is 11.9 Å². The van der Waals surface area contributed by atoms with Crippen molar-refractivity contribution in [1.82, 2.24) is 19.9 Å². The number of urea groups is 1. The summed E-state index contributed by atoms with van der Waals surface area (Å²) in [5.74, 6) is 0.990. The van der Waals surface area contributed by atoms with Crippen LogP contribution in [0.2, 0.25) is 0 Å². The third kappa shape index (κ3) is 3.66. The molecule has 0 unspecified atom stereocenters. The van der Waals surface area contributed by atoms with Crippen molar-refractivity contribution in [3.05, 3.63) is 42.2 Å². The average Bonchev–Trinajstić information content (AvgIpc) is 3.21. The number of nitrogens with one attached hydrogen (secondary N) is 2. The Hall–Kier alpha value is -2.88. The minimum absolute atomic E-state index is 0.131. The first kappa shape index (κ1) is 15.0.